The average molecular weight is 435 g/mol. The second kappa shape index (κ2) is 9.43. The van der Waals surface area contributed by atoms with Crippen LogP contribution >= 0.6 is 11.6 Å². The van der Waals surface area contributed by atoms with Crippen molar-refractivity contribution in [3.8, 4) is 5.75 Å². The van der Waals surface area contributed by atoms with E-state index in [0.717, 1.165) is 24.2 Å². The molecule has 2 aromatic rings. The molecular weight excluding hydrogens is 412 g/mol. The van der Waals surface area contributed by atoms with Crippen LogP contribution < -0.4 is 10.1 Å². The summed E-state index contributed by atoms with van der Waals surface area (Å²) in [6.07, 6.45) is 4.73. The number of sulfonamides is 1. The largest absolute Gasteiger partial charge is 0.494 e. The lowest BCUT2D eigenvalue weighted by atomic mass is 10.2. The minimum Gasteiger partial charge on any atom is -0.494 e. The lowest BCUT2D eigenvalue weighted by Gasteiger charge is -2.17. The van der Waals surface area contributed by atoms with Gasteiger partial charge >= 0.3 is 0 Å². The molecular formula is C21H23ClN2O4S. The molecule has 1 saturated heterocycles. The highest BCUT2D eigenvalue weighted by Gasteiger charge is 2.29. The first-order valence-electron chi connectivity index (χ1n) is 9.42. The maximum absolute atomic E-state index is 12.8. The van der Waals surface area contributed by atoms with Crippen LogP contribution in [-0.2, 0) is 14.8 Å². The van der Waals surface area contributed by atoms with Gasteiger partial charge in [0.25, 0.3) is 0 Å². The molecule has 0 saturated carbocycles. The Morgan fingerprint density at radius 2 is 1.86 bits per heavy atom. The van der Waals surface area contributed by atoms with E-state index in [4.69, 9.17) is 16.3 Å². The average Bonchev–Trinajstić information content (AvgIpc) is 3.25. The first-order chi connectivity index (χ1) is 13.9. The third kappa shape index (κ3) is 5.38. The molecule has 1 aliphatic rings. The summed E-state index contributed by atoms with van der Waals surface area (Å²) in [5.41, 5.74) is 1.21. The fourth-order valence-electron chi connectivity index (χ4n) is 3.04. The van der Waals surface area contributed by atoms with E-state index in [1.54, 1.807) is 12.1 Å². The molecule has 0 radical (unpaired) electrons. The minimum atomic E-state index is -3.67. The molecule has 154 valence electrons. The summed E-state index contributed by atoms with van der Waals surface area (Å²) in [6.45, 7) is 3.48. The van der Waals surface area contributed by atoms with Crippen LogP contribution in [0.5, 0.6) is 5.75 Å². The fraction of sp³-hybridized carbons (Fsp3) is 0.286. The van der Waals surface area contributed by atoms with Gasteiger partial charge in [0.1, 0.15) is 10.6 Å². The number of nitrogens with zero attached hydrogens (tertiary/aromatic N) is 1. The van der Waals surface area contributed by atoms with Crippen molar-refractivity contribution in [1.82, 2.24) is 4.31 Å². The van der Waals surface area contributed by atoms with Crippen molar-refractivity contribution >= 4 is 39.3 Å². The summed E-state index contributed by atoms with van der Waals surface area (Å²) in [5, 5.41) is 2.82. The van der Waals surface area contributed by atoms with E-state index in [9.17, 15) is 13.2 Å². The van der Waals surface area contributed by atoms with Gasteiger partial charge in [-0.15, -0.1) is 0 Å². The van der Waals surface area contributed by atoms with Crippen molar-refractivity contribution in [3.05, 3.63) is 59.1 Å². The van der Waals surface area contributed by atoms with Gasteiger partial charge in [0.15, 0.2) is 0 Å². The first-order valence-corrected chi connectivity index (χ1v) is 11.2. The molecule has 1 heterocycles. The number of benzene rings is 2. The van der Waals surface area contributed by atoms with Gasteiger partial charge in [0.05, 0.1) is 11.6 Å². The second-order valence-corrected chi connectivity index (χ2v) is 8.89. The van der Waals surface area contributed by atoms with Crippen LogP contribution in [0.3, 0.4) is 0 Å². The van der Waals surface area contributed by atoms with Crippen LogP contribution in [0.4, 0.5) is 5.69 Å². The lowest BCUT2D eigenvalue weighted by molar-refractivity contribution is -0.111. The number of anilines is 1. The molecule has 1 N–H and O–H groups in total. The number of hydrogen-bond donors (Lipinski definition) is 1. The van der Waals surface area contributed by atoms with E-state index in [1.165, 1.54) is 22.5 Å². The number of carbonyl (C=O) groups excluding carboxylic acids is 1. The zero-order valence-electron chi connectivity index (χ0n) is 16.1. The topological polar surface area (TPSA) is 75.7 Å². The van der Waals surface area contributed by atoms with Crippen LogP contribution in [0.25, 0.3) is 6.08 Å². The number of ether oxygens (including phenoxy) is 1. The zero-order valence-corrected chi connectivity index (χ0v) is 17.7. The van der Waals surface area contributed by atoms with Gasteiger partial charge in [-0.1, -0.05) is 23.7 Å². The molecule has 0 unspecified atom stereocenters. The van der Waals surface area contributed by atoms with Gasteiger partial charge < -0.3 is 10.1 Å². The summed E-state index contributed by atoms with van der Waals surface area (Å²) in [7, 11) is -3.67. The number of halogens is 1. The Kier molecular flexibility index (Phi) is 6.95. The van der Waals surface area contributed by atoms with E-state index in [2.05, 4.69) is 5.32 Å². The van der Waals surface area contributed by atoms with Crippen LogP contribution in [0.2, 0.25) is 5.02 Å². The summed E-state index contributed by atoms with van der Waals surface area (Å²) in [5.74, 6) is 0.396. The van der Waals surface area contributed by atoms with E-state index >= 15 is 0 Å². The Morgan fingerprint density at radius 3 is 2.52 bits per heavy atom. The maximum atomic E-state index is 12.8. The third-order valence-electron chi connectivity index (χ3n) is 4.50. The molecule has 0 bridgehead atoms. The van der Waals surface area contributed by atoms with Gasteiger partial charge in [-0.2, -0.15) is 4.31 Å². The Balaban J connectivity index is 1.70. The highest BCUT2D eigenvalue weighted by molar-refractivity contribution is 7.89. The van der Waals surface area contributed by atoms with Gasteiger partial charge in [-0.3, -0.25) is 4.79 Å². The van der Waals surface area contributed by atoms with E-state index in [1.807, 2.05) is 31.2 Å². The molecule has 0 spiro atoms. The maximum Gasteiger partial charge on any atom is 0.248 e. The fourth-order valence-corrected chi connectivity index (χ4v) is 5.06. The number of nitrogens with one attached hydrogen (secondary N) is 1. The molecule has 0 atom stereocenters. The van der Waals surface area contributed by atoms with E-state index in [-0.39, 0.29) is 15.8 Å². The molecule has 8 heteroatoms. The lowest BCUT2D eigenvalue weighted by Crippen LogP contribution is -2.28. The molecule has 6 nitrogen and oxygen atoms in total. The quantitative estimate of drug-likeness (QED) is 0.663. The predicted octanol–water partition coefficient (Wildman–Crippen LogP) is 4.18. The van der Waals surface area contributed by atoms with Crippen molar-refractivity contribution in [3.63, 3.8) is 0 Å². The van der Waals surface area contributed by atoms with Crippen LogP contribution in [0.1, 0.15) is 25.3 Å². The normalized spacial score (nSPS) is 15.0. The van der Waals surface area contributed by atoms with Crippen molar-refractivity contribution in [1.29, 1.82) is 0 Å². The number of rotatable bonds is 7. The third-order valence-corrected chi connectivity index (χ3v) is 6.88. The molecule has 0 aromatic heterocycles. The summed E-state index contributed by atoms with van der Waals surface area (Å²) in [4.78, 5) is 12.3. The van der Waals surface area contributed by atoms with E-state index < -0.39 is 10.0 Å². The number of hydrogen-bond acceptors (Lipinski definition) is 4. The number of carbonyl (C=O) groups is 1. The minimum absolute atomic E-state index is 0.00867. The van der Waals surface area contributed by atoms with Crippen molar-refractivity contribution < 1.29 is 17.9 Å². The molecule has 2 aromatic carbocycles. The highest BCUT2D eigenvalue weighted by Crippen LogP contribution is 2.29. The molecule has 1 amide bonds. The summed E-state index contributed by atoms with van der Waals surface area (Å²) >= 11 is 6.13. The van der Waals surface area contributed by atoms with Crippen LogP contribution in [-0.4, -0.2) is 38.3 Å². The summed E-state index contributed by atoms with van der Waals surface area (Å²) in [6, 6.07) is 11.8. The van der Waals surface area contributed by atoms with Crippen LogP contribution in [0, 0.1) is 0 Å². The van der Waals surface area contributed by atoms with Crippen LogP contribution in [0.15, 0.2) is 53.4 Å². The number of amides is 1. The van der Waals surface area contributed by atoms with Crippen molar-refractivity contribution in [2.24, 2.45) is 0 Å². The van der Waals surface area contributed by atoms with Gasteiger partial charge in [-0.25, -0.2) is 8.42 Å². The molecule has 3 rings (SSSR count). The van der Waals surface area contributed by atoms with Gasteiger partial charge in [0.2, 0.25) is 15.9 Å². The Bertz CT molecular complexity index is 998. The predicted molar refractivity (Wildman–Crippen MR) is 115 cm³/mol. The molecule has 1 fully saturated rings. The molecule has 29 heavy (non-hydrogen) atoms. The highest BCUT2D eigenvalue weighted by atomic mass is 35.5. The van der Waals surface area contributed by atoms with Crippen molar-refractivity contribution in [2.75, 3.05) is 25.0 Å². The van der Waals surface area contributed by atoms with Gasteiger partial charge in [0, 0.05) is 24.9 Å². The Hall–Kier alpha value is -2.35. The SMILES string of the molecule is CCOc1ccc(/C=C/C(=O)Nc2ccc(Cl)c(S(=O)(=O)N3CCCC3)c2)cc1. The monoisotopic (exact) mass is 434 g/mol. The smallest absolute Gasteiger partial charge is 0.248 e. The zero-order chi connectivity index (χ0) is 20.9. The summed E-state index contributed by atoms with van der Waals surface area (Å²) < 4.78 is 32.4. The van der Waals surface area contributed by atoms with Gasteiger partial charge in [-0.05, 0) is 61.7 Å². The Morgan fingerprint density at radius 1 is 1.17 bits per heavy atom. The Labute approximate surface area is 176 Å². The first kappa shape index (κ1) is 21.4. The second-order valence-electron chi connectivity index (χ2n) is 6.58. The van der Waals surface area contributed by atoms with Crippen molar-refractivity contribution in [2.45, 2.75) is 24.7 Å². The van der Waals surface area contributed by atoms with E-state index in [0.29, 0.717) is 25.4 Å². The molecule has 0 aliphatic carbocycles. The molecule has 1 aliphatic heterocycles. The standard InChI is InChI=1S/C21H23ClN2O4S/c1-2-28-18-9-5-16(6-10-18)7-12-21(25)23-17-8-11-19(22)20(15-17)29(26,27)24-13-3-4-14-24/h5-12,15H,2-4,13-14H2,1H3,(H,23,25)/b12-7+.